The van der Waals surface area contributed by atoms with Crippen LogP contribution in [0.15, 0.2) is 72.1 Å². The summed E-state index contributed by atoms with van der Waals surface area (Å²) in [4.78, 5) is 13.3. The fourth-order valence-corrected chi connectivity index (χ4v) is 4.63. The number of nitrogens with zero attached hydrogens (tertiary/aromatic N) is 1. The minimum atomic E-state index is -0.546. The number of hydrogen-bond donors (Lipinski definition) is 1. The molecular weight excluding hydrogens is 384 g/mol. The van der Waals surface area contributed by atoms with E-state index in [0.29, 0.717) is 29.1 Å². The van der Waals surface area contributed by atoms with Crippen molar-refractivity contribution in [3.63, 3.8) is 0 Å². The van der Waals surface area contributed by atoms with Crippen LogP contribution in [-0.4, -0.2) is 12.9 Å². The molecule has 4 rings (SSSR count). The average Bonchev–Trinajstić information content (AvgIpc) is 2.73. The molecule has 5 heteroatoms. The lowest BCUT2D eigenvalue weighted by molar-refractivity contribution is -0.116. The van der Waals surface area contributed by atoms with Gasteiger partial charge < -0.3 is 10.1 Å². The number of halogens is 1. The molecule has 1 aliphatic carbocycles. The van der Waals surface area contributed by atoms with E-state index in [1.807, 2.05) is 42.5 Å². The lowest BCUT2D eigenvalue weighted by atomic mass is 9.69. The zero-order valence-electron chi connectivity index (χ0n) is 16.1. The van der Waals surface area contributed by atoms with Gasteiger partial charge >= 0.3 is 0 Å². The van der Waals surface area contributed by atoms with Crippen molar-refractivity contribution < 1.29 is 9.53 Å². The van der Waals surface area contributed by atoms with Crippen LogP contribution in [0.2, 0.25) is 5.02 Å². The zero-order chi connectivity index (χ0) is 20.5. The average molecular weight is 405 g/mol. The molecule has 3 unspecified atom stereocenters. The Hall–Kier alpha value is -3.03. The molecule has 0 amide bonds. The van der Waals surface area contributed by atoms with Crippen molar-refractivity contribution in [2.45, 2.75) is 24.7 Å². The normalized spacial score (nSPS) is 23.8. The zero-order valence-corrected chi connectivity index (χ0v) is 16.9. The third-order valence-electron chi connectivity index (χ3n) is 5.81. The lowest BCUT2D eigenvalue weighted by Crippen LogP contribution is -2.38. The fourth-order valence-electron chi connectivity index (χ4n) is 4.38. The van der Waals surface area contributed by atoms with Gasteiger partial charge in [0.2, 0.25) is 0 Å². The third kappa shape index (κ3) is 3.43. The van der Waals surface area contributed by atoms with E-state index in [1.165, 1.54) is 0 Å². The highest BCUT2D eigenvalue weighted by atomic mass is 35.5. The Kier molecular flexibility index (Phi) is 5.17. The standard InChI is InChI=1S/C24H21ClN2O2/c1-14-19(13-26)23(18-5-3-4-6-20(18)25)24-21(27-14)11-16(12-22(24)28)15-7-9-17(29-2)10-8-15/h3-10,16,19,23,27H,1,11-12H2,2H3. The van der Waals surface area contributed by atoms with E-state index in [-0.39, 0.29) is 11.7 Å². The van der Waals surface area contributed by atoms with Crippen LogP contribution in [-0.2, 0) is 4.79 Å². The second-order valence-corrected chi connectivity index (χ2v) is 7.86. The number of methoxy groups -OCH3 is 1. The van der Waals surface area contributed by atoms with Crippen LogP contribution in [0, 0.1) is 17.2 Å². The van der Waals surface area contributed by atoms with E-state index < -0.39 is 11.8 Å². The number of allylic oxidation sites excluding steroid dienone is 3. The molecule has 0 aromatic heterocycles. The van der Waals surface area contributed by atoms with E-state index in [2.05, 4.69) is 18.0 Å². The Balaban J connectivity index is 1.76. The van der Waals surface area contributed by atoms with Crippen LogP contribution >= 0.6 is 11.6 Å². The number of hydrogen-bond acceptors (Lipinski definition) is 4. The van der Waals surface area contributed by atoms with Gasteiger partial charge in [-0.2, -0.15) is 5.26 Å². The summed E-state index contributed by atoms with van der Waals surface area (Å²) < 4.78 is 5.23. The molecule has 4 nitrogen and oxygen atoms in total. The van der Waals surface area contributed by atoms with Crippen molar-refractivity contribution >= 4 is 17.4 Å². The molecular formula is C24H21ClN2O2. The summed E-state index contributed by atoms with van der Waals surface area (Å²) in [5, 5.41) is 13.6. The van der Waals surface area contributed by atoms with Crippen LogP contribution in [0.5, 0.6) is 5.75 Å². The third-order valence-corrected chi connectivity index (χ3v) is 6.15. The van der Waals surface area contributed by atoms with Gasteiger partial charge in [-0.05, 0) is 41.7 Å². The summed E-state index contributed by atoms with van der Waals surface area (Å²) in [5.41, 5.74) is 4.02. The van der Waals surface area contributed by atoms with Crippen molar-refractivity contribution in [3.8, 4) is 11.8 Å². The molecule has 0 fully saturated rings. The first-order chi connectivity index (χ1) is 14.0. The Morgan fingerprint density at radius 2 is 1.90 bits per heavy atom. The van der Waals surface area contributed by atoms with E-state index >= 15 is 0 Å². The highest BCUT2D eigenvalue weighted by Crippen LogP contribution is 2.47. The quantitative estimate of drug-likeness (QED) is 0.773. The maximum absolute atomic E-state index is 13.3. The van der Waals surface area contributed by atoms with Crippen LogP contribution in [0.25, 0.3) is 0 Å². The second kappa shape index (κ2) is 7.77. The van der Waals surface area contributed by atoms with Gasteiger partial charge in [-0.15, -0.1) is 0 Å². The fraction of sp³-hybridized carbons (Fsp3) is 0.250. The first kappa shape index (κ1) is 19.3. The number of ether oxygens (including phenoxy) is 1. The summed E-state index contributed by atoms with van der Waals surface area (Å²) in [5.74, 6) is -0.0391. The SMILES string of the molecule is C=C1NC2=C(C(=O)CC(c3ccc(OC)cc3)C2)C(c2ccccc2Cl)C1C#N. The van der Waals surface area contributed by atoms with Crippen molar-refractivity contribution in [2.75, 3.05) is 7.11 Å². The van der Waals surface area contributed by atoms with Crippen molar-refractivity contribution in [1.82, 2.24) is 5.32 Å². The summed E-state index contributed by atoms with van der Waals surface area (Å²) in [6.45, 7) is 4.07. The first-order valence-corrected chi connectivity index (χ1v) is 9.91. The molecule has 146 valence electrons. The monoisotopic (exact) mass is 404 g/mol. The number of Topliss-reactive ketones (excluding diaryl/α,β-unsaturated/α-hetero) is 1. The number of ketones is 1. The minimum absolute atomic E-state index is 0.0530. The molecule has 2 aromatic rings. The number of nitrogens with one attached hydrogen (secondary N) is 1. The maximum atomic E-state index is 13.3. The second-order valence-electron chi connectivity index (χ2n) is 7.45. The smallest absolute Gasteiger partial charge is 0.161 e. The van der Waals surface area contributed by atoms with E-state index in [1.54, 1.807) is 13.2 Å². The molecule has 1 N–H and O–H groups in total. The highest BCUT2D eigenvalue weighted by molar-refractivity contribution is 6.31. The lowest BCUT2D eigenvalue weighted by Gasteiger charge is -2.39. The Labute approximate surface area is 175 Å². The number of nitriles is 1. The Morgan fingerprint density at radius 3 is 2.55 bits per heavy atom. The molecule has 3 atom stereocenters. The van der Waals surface area contributed by atoms with Gasteiger partial charge in [0.1, 0.15) is 5.75 Å². The summed E-state index contributed by atoms with van der Waals surface area (Å²) in [6, 6.07) is 17.6. The Morgan fingerprint density at radius 1 is 1.17 bits per heavy atom. The number of carbonyl (C=O) groups is 1. The van der Waals surface area contributed by atoms with Gasteiger partial charge in [0.05, 0.1) is 19.1 Å². The van der Waals surface area contributed by atoms with E-state index in [4.69, 9.17) is 16.3 Å². The van der Waals surface area contributed by atoms with Crippen LogP contribution in [0.1, 0.15) is 35.8 Å². The van der Waals surface area contributed by atoms with Gasteiger partial charge in [-0.25, -0.2) is 0 Å². The molecule has 1 heterocycles. The largest absolute Gasteiger partial charge is 0.497 e. The summed E-state index contributed by atoms with van der Waals surface area (Å²) >= 11 is 6.45. The van der Waals surface area contributed by atoms with Gasteiger partial charge in [0, 0.05) is 34.3 Å². The van der Waals surface area contributed by atoms with Crippen LogP contribution in [0.3, 0.4) is 0 Å². The molecule has 1 aliphatic heterocycles. The first-order valence-electron chi connectivity index (χ1n) is 9.53. The predicted octanol–water partition coefficient (Wildman–Crippen LogP) is 5.09. The Bertz CT molecular complexity index is 1050. The highest BCUT2D eigenvalue weighted by Gasteiger charge is 2.42. The van der Waals surface area contributed by atoms with Crippen LogP contribution in [0.4, 0.5) is 0 Å². The van der Waals surface area contributed by atoms with Crippen molar-refractivity contribution in [1.29, 1.82) is 5.26 Å². The maximum Gasteiger partial charge on any atom is 0.161 e. The number of rotatable bonds is 3. The molecule has 0 radical (unpaired) electrons. The summed E-state index contributed by atoms with van der Waals surface area (Å²) in [7, 11) is 1.63. The number of carbonyl (C=O) groups excluding carboxylic acids is 1. The van der Waals surface area contributed by atoms with E-state index in [0.717, 1.165) is 22.6 Å². The van der Waals surface area contributed by atoms with Gasteiger partial charge in [0.15, 0.2) is 5.78 Å². The predicted molar refractivity (Wildman–Crippen MR) is 113 cm³/mol. The topological polar surface area (TPSA) is 62.1 Å². The molecule has 2 aliphatic rings. The van der Waals surface area contributed by atoms with Gasteiger partial charge in [-0.3, -0.25) is 4.79 Å². The van der Waals surface area contributed by atoms with Gasteiger partial charge in [-0.1, -0.05) is 48.5 Å². The van der Waals surface area contributed by atoms with E-state index in [9.17, 15) is 10.1 Å². The molecule has 0 spiro atoms. The van der Waals surface area contributed by atoms with Gasteiger partial charge in [0.25, 0.3) is 0 Å². The van der Waals surface area contributed by atoms with Crippen molar-refractivity contribution in [2.24, 2.45) is 5.92 Å². The molecule has 29 heavy (non-hydrogen) atoms. The molecule has 0 bridgehead atoms. The van der Waals surface area contributed by atoms with Crippen LogP contribution < -0.4 is 10.1 Å². The molecule has 0 saturated carbocycles. The molecule has 0 saturated heterocycles. The molecule has 2 aromatic carbocycles. The number of benzene rings is 2. The summed E-state index contributed by atoms with van der Waals surface area (Å²) in [6.07, 6.45) is 1.09. The van der Waals surface area contributed by atoms with Crippen molar-refractivity contribution in [3.05, 3.63) is 88.2 Å². The minimum Gasteiger partial charge on any atom is -0.497 e.